The maximum Gasteiger partial charge on any atom is 0.133 e. The molecule has 1 aromatic carbocycles. The molecule has 1 N–H and O–H groups in total. The van der Waals surface area contributed by atoms with Crippen LogP contribution in [0.5, 0.6) is 0 Å². The lowest BCUT2D eigenvalue weighted by Gasteiger charge is -2.58. The molecule has 6 heteroatoms. The predicted octanol–water partition coefficient (Wildman–Crippen LogP) is 2.58. The van der Waals surface area contributed by atoms with E-state index in [1.807, 2.05) is 6.07 Å². The molecule has 6 nitrogen and oxygen atoms in total. The Labute approximate surface area is 208 Å². The van der Waals surface area contributed by atoms with Crippen LogP contribution in [-0.4, -0.2) is 79.7 Å². The monoisotopic (exact) mass is 473 g/mol. The molecule has 7 rings (SSSR count). The first-order valence-electron chi connectivity index (χ1n) is 12.9. The fourth-order valence-corrected chi connectivity index (χ4v) is 6.84. The summed E-state index contributed by atoms with van der Waals surface area (Å²) in [6.07, 6.45) is 2.96. The lowest BCUT2D eigenvalue weighted by molar-refractivity contribution is -0.150. The number of aromatic nitrogens is 1. The van der Waals surface area contributed by atoms with Crippen molar-refractivity contribution in [3.8, 4) is 11.8 Å². The zero-order valence-corrected chi connectivity index (χ0v) is 20.7. The highest BCUT2D eigenvalue weighted by Gasteiger charge is 2.55. The van der Waals surface area contributed by atoms with E-state index in [1.165, 1.54) is 12.1 Å². The SMILES string of the molecule is COC1CN(c2ccc(C#CC3(O)C4CC5CC3CN(C5)C4)c(Cc3ccccc3)n2)CC1OC. The van der Waals surface area contributed by atoms with Crippen molar-refractivity contribution < 1.29 is 14.6 Å². The van der Waals surface area contributed by atoms with E-state index in [2.05, 4.69) is 58.0 Å². The predicted molar refractivity (Wildman–Crippen MR) is 135 cm³/mol. The van der Waals surface area contributed by atoms with Gasteiger partial charge in [-0.1, -0.05) is 42.2 Å². The van der Waals surface area contributed by atoms with Crippen LogP contribution in [0, 0.1) is 29.6 Å². The van der Waals surface area contributed by atoms with Crippen LogP contribution in [0.4, 0.5) is 5.82 Å². The van der Waals surface area contributed by atoms with Gasteiger partial charge in [-0.2, -0.15) is 0 Å². The molecule has 184 valence electrons. The van der Waals surface area contributed by atoms with Gasteiger partial charge >= 0.3 is 0 Å². The van der Waals surface area contributed by atoms with Crippen LogP contribution >= 0.6 is 0 Å². The van der Waals surface area contributed by atoms with E-state index in [0.717, 1.165) is 62.0 Å². The van der Waals surface area contributed by atoms with Gasteiger partial charge in [0.2, 0.25) is 0 Å². The van der Waals surface area contributed by atoms with Crippen molar-refractivity contribution in [1.82, 2.24) is 9.88 Å². The van der Waals surface area contributed by atoms with E-state index < -0.39 is 5.60 Å². The zero-order valence-electron chi connectivity index (χ0n) is 20.7. The zero-order chi connectivity index (χ0) is 24.0. The van der Waals surface area contributed by atoms with E-state index in [-0.39, 0.29) is 24.0 Å². The van der Waals surface area contributed by atoms with E-state index in [1.54, 1.807) is 14.2 Å². The third-order valence-electron chi connectivity index (χ3n) is 8.67. The van der Waals surface area contributed by atoms with Crippen LogP contribution in [0.2, 0.25) is 0 Å². The maximum absolute atomic E-state index is 11.7. The molecule has 1 aliphatic carbocycles. The van der Waals surface area contributed by atoms with Gasteiger partial charge in [-0.25, -0.2) is 4.98 Å². The molecule has 4 atom stereocenters. The molecule has 5 aliphatic rings. The highest BCUT2D eigenvalue weighted by Crippen LogP contribution is 2.49. The molecule has 0 spiro atoms. The van der Waals surface area contributed by atoms with Crippen LogP contribution < -0.4 is 4.90 Å². The highest BCUT2D eigenvalue weighted by atomic mass is 16.5. The molecule has 5 fully saturated rings. The van der Waals surface area contributed by atoms with Crippen molar-refractivity contribution in [3.63, 3.8) is 0 Å². The summed E-state index contributed by atoms with van der Waals surface area (Å²) in [5, 5.41) is 11.7. The lowest BCUT2D eigenvalue weighted by Crippen LogP contribution is -2.66. The number of aliphatic hydroxyl groups is 1. The van der Waals surface area contributed by atoms with Gasteiger partial charge in [0.25, 0.3) is 0 Å². The minimum absolute atomic E-state index is 0.0285. The van der Waals surface area contributed by atoms with Crippen LogP contribution in [0.1, 0.15) is 29.7 Å². The summed E-state index contributed by atoms with van der Waals surface area (Å²) < 4.78 is 11.3. The van der Waals surface area contributed by atoms with Crippen molar-refractivity contribution in [3.05, 3.63) is 59.3 Å². The highest BCUT2D eigenvalue weighted by molar-refractivity contribution is 5.50. The Morgan fingerprint density at radius 2 is 1.63 bits per heavy atom. The van der Waals surface area contributed by atoms with Crippen LogP contribution in [0.15, 0.2) is 42.5 Å². The summed E-state index contributed by atoms with van der Waals surface area (Å²) in [5.74, 6) is 8.97. The molecule has 4 bridgehead atoms. The molecule has 1 saturated carbocycles. The van der Waals surface area contributed by atoms with Gasteiger partial charge in [-0.3, -0.25) is 0 Å². The molecule has 35 heavy (non-hydrogen) atoms. The second kappa shape index (κ2) is 9.22. The van der Waals surface area contributed by atoms with Crippen molar-refractivity contribution >= 4 is 5.82 Å². The number of ether oxygens (including phenoxy) is 2. The second-order valence-corrected chi connectivity index (χ2v) is 10.8. The number of rotatable bonds is 5. The van der Waals surface area contributed by atoms with Gasteiger partial charge in [0, 0.05) is 70.8 Å². The molecule has 4 aliphatic heterocycles. The molecular weight excluding hydrogens is 438 g/mol. The van der Waals surface area contributed by atoms with Gasteiger partial charge in [-0.05, 0) is 36.5 Å². The number of nitrogens with zero attached hydrogens (tertiary/aromatic N) is 3. The van der Waals surface area contributed by atoms with Gasteiger partial charge in [-0.15, -0.1) is 0 Å². The molecule has 1 aromatic heterocycles. The van der Waals surface area contributed by atoms with E-state index >= 15 is 0 Å². The number of hydrogen-bond donors (Lipinski definition) is 1. The first kappa shape index (κ1) is 23.0. The van der Waals surface area contributed by atoms with E-state index in [9.17, 15) is 5.11 Å². The Balaban J connectivity index is 1.32. The molecule has 2 aromatic rings. The quantitative estimate of drug-likeness (QED) is 0.674. The lowest BCUT2D eigenvalue weighted by atomic mass is 9.59. The Kier molecular flexibility index (Phi) is 6.06. The maximum atomic E-state index is 11.7. The molecule has 5 heterocycles. The molecule has 4 unspecified atom stereocenters. The summed E-state index contributed by atoms with van der Waals surface area (Å²) in [5.41, 5.74) is 2.17. The molecule has 0 radical (unpaired) electrons. The number of methoxy groups -OCH3 is 2. The Morgan fingerprint density at radius 1 is 0.943 bits per heavy atom. The number of anilines is 1. The topological polar surface area (TPSA) is 58.1 Å². The van der Waals surface area contributed by atoms with E-state index in [4.69, 9.17) is 14.5 Å². The molecule has 4 saturated heterocycles. The van der Waals surface area contributed by atoms with Gasteiger partial charge in [0.1, 0.15) is 23.6 Å². The summed E-state index contributed by atoms with van der Waals surface area (Å²) in [7, 11) is 3.47. The standard InChI is InChI=1S/C29H35N3O3/c1-34-26-18-32(19-27(26)35-2)28-9-8-22(25(30-28)14-20-6-4-3-5-7-20)10-11-29(33)23-12-21-13-24(29)17-31(15-21)16-23/h3-9,21,23-24,26-27,33H,12-19H2,1-2H3. The first-order valence-corrected chi connectivity index (χ1v) is 12.9. The van der Waals surface area contributed by atoms with E-state index in [0.29, 0.717) is 6.42 Å². The van der Waals surface area contributed by atoms with Crippen molar-refractivity contribution in [2.45, 2.75) is 37.1 Å². The summed E-state index contributed by atoms with van der Waals surface area (Å²) in [6.45, 7) is 4.65. The molecule has 0 amide bonds. The number of pyridine rings is 1. The number of hydrogen-bond acceptors (Lipinski definition) is 6. The third kappa shape index (κ3) is 4.25. The minimum Gasteiger partial charge on any atom is -0.377 e. The fraction of sp³-hybridized carbons (Fsp3) is 0.552. The van der Waals surface area contributed by atoms with Gasteiger partial charge in [0.05, 0.1) is 5.69 Å². The third-order valence-corrected chi connectivity index (χ3v) is 8.67. The Morgan fingerprint density at radius 3 is 2.26 bits per heavy atom. The molecular formula is C29H35N3O3. The van der Waals surface area contributed by atoms with Gasteiger partial charge in [0.15, 0.2) is 0 Å². The van der Waals surface area contributed by atoms with Crippen molar-refractivity contribution in [1.29, 1.82) is 0 Å². The first-order chi connectivity index (χ1) is 17.1. The van der Waals surface area contributed by atoms with Gasteiger partial charge < -0.3 is 24.4 Å². The Bertz CT molecular complexity index is 1080. The van der Waals surface area contributed by atoms with Crippen LogP contribution in [0.3, 0.4) is 0 Å². The fourth-order valence-electron chi connectivity index (χ4n) is 6.84. The summed E-state index contributed by atoms with van der Waals surface area (Å²) >= 11 is 0. The number of piperidine rings is 3. The van der Waals surface area contributed by atoms with Crippen LogP contribution in [-0.2, 0) is 15.9 Å². The normalized spacial score (nSPS) is 35.2. The van der Waals surface area contributed by atoms with Crippen LogP contribution in [0.25, 0.3) is 0 Å². The Hall–Kier alpha value is -2.43. The number of benzene rings is 1. The smallest absolute Gasteiger partial charge is 0.133 e. The van der Waals surface area contributed by atoms with Crippen molar-refractivity contribution in [2.24, 2.45) is 17.8 Å². The summed E-state index contributed by atoms with van der Waals surface area (Å²) in [4.78, 5) is 9.84. The minimum atomic E-state index is -0.886. The summed E-state index contributed by atoms with van der Waals surface area (Å²) in [6, 6.07) is 14.5. The average Bonchev–Trinajstić information content (AvgIpc) is 3.30. The second-order valence-electron chi connectivity index (χ2n) is 10.8. The van der Waals surface area contributed by atoms with Crippen molar-refractivity contribution in [2.75, 3.05) is 51.8 Å². The average molecular weight is 474 g/mol. The largest absolute Gasteiger partial charge is 0.377 e.